The highest BCUT2D eigenvalue weighted by Crippen LogP contribution is 2.25. The van der Waals surface area contributed by atoms with Crippen LogP contribution >= 0.6 is 0 Å². The van der Waals surface area contributed by atoms with Gasteiger partial charge in [-0.25, -0.2) is 10.6 Å². The molecular weight excluding hydrogens is 218 g/mol. The minimum atomic E-state index is -0.269. The van der Waals surface area contributed by atoms with Crippen molar-refractivity contribution >= 4 is 6.03 Å². The summed E-state index contributed by atoms with van der Waals surface area (Å²) in [5, 5.41) is 0. The Morgan fingerprint density at radius 2 is 2.41 bits per heavy atom. The van der Waals surface area contributed by atoms with Gasteiger partial charge in [0.25, 0.3) is 0 Å². The van der Waals surface area contributed by atoms with Gasteiger partial charge in [0.15, 0.2) is 0 Å². The van der Waals surface area contributed by atoms with E-state index in [2.05, 4.69) is 11.5 Å². The molecular formula is C12H17N3O2. The van der Waals surface area contributed by atoms with Crippen LogP contribution in [-0.2, 0) is 12.8 Å². The molecule has 0 fully saturated rings. The predicted octanol–water partition coefficient (Wildman–Crippen LogP) is 0.679. The summed E-state index contributed by atoms with van der Waals surface area (Å²) in [4.78, 5) is 12.7. The van der Waals surface area contributed by atoms with E-state index in [-0.39, 0.29) is 6.03 Å². The summed E-state index contributed by atoms with van der Waals surface area (Å²) in [6.45, 7) is 1.41. The number of rotatable bonds is 3. The van der Waals surface area contributed by atoms with E-state index in [0.717, 1.165) is 25.2 Å². The van der Waals surface area contributed by atoms with E-state index in [1.54, 1.807) is 11.9 Å². The van der Waals surface area contributed by atoms with Gasteiger partial charge in [-0.05, 0) is 23.6 Å². The zero-order valence-electron chi connectivity index (χ0n) is 9.90. The van der Waals surface area contributed by atoms with Crippen molar-refractivity contribution in [3.8, 4) is 5.75 Å². The fraction of sp³-hybridized carbons (Fsp3) is 0.417. The monoisotopic (exact) mass is 235 g/mol. The molecule has 0 spiro atoms. The van der Waals surface area contributed by atoms with E-state index in [0.29, 0.717) is 6.54 Å². The number of nitrogens with one attached hydrogen (secondary N) is 1. The number of hydrogen-bond donors (Lipinski definition) is 2. The molecule has 1 heterocycles. The van der Waals surface area contributed by atoms with Crippen LogP contribution in [0.3, 0.4) is 0 Å². The number of nitrogens with zero attached hydrogens (tertiary/aromatic N) is 1. The number of hydrazine groups is 1. The van der Waals surface area contributed by atoms with Crippen LogP contribution in [0.2, 0.25) is 0 Å². The van der Waals surface area contributed by atoms with Gasteiger partial charge >= 0.3 is 6.03 Å². The lowest BCUT2D eigenvalue weighted by Crippen LogP contribution is -2.41. The SMILES string of the molecule is CN(CCc1ccc2c(c1)CCO2)C(=O)NN. The molecule has 92 valence electrons. The maximum atomic E-state index is 11.2. The van der Waals surface area contributed by atoms with E-state index in [1.807, 2.05) is 12.1 Å². The molecule has 0 radical (unpaired) electrons. The predicted molar refractivity (Wildman–Crippen MR) is 64.7 cm³/mol. The maximum absolute atomic E-state index is 11.2. The van der Waals surface area contributed by atoms with E-state index in [4.69, 9.17) is 10.6 Å². The van der Waals surface area contributed by atoms with Gasteiger partial charge in [0.05, 0.1) is 6.61 Å². The minimum absolute atomic E-state index is 0.269. The summed E-state index contributed by atoms with van der Waals surface area (Å²) in [6.07, 6.45) is 1.79. The number of carbonyl (C=O) groups excluding carboxylic acids is 1. The van der Waals surface area contributed by atoms with E-state index >= 15 is 0 Å². The second-order valence-corrected chi connectivity index (χ2v) is 4.16. The summed E-state index contributed by atoms with van der Waals surface area (Å²) in [5.74, 6) is 6.05. The number of benzene rings is 1. The molecule has 0 saturated carbocycles. The van der Waals surface area contributed by atoms with Gasteiger partial charge in [0.1, 0.15) is 5.75 Å². The van der Waals surface area contributed by atoms with Crippen molar-refractivity contribution in [2.24, 2.45) is 5.84 Å². The number of carbonyl (C=O) groups is 1. The van der Waals surface area contributed by atoms with Gasteiger partial charge in [-0.3, -0.25) is 5.43 Å². The summed E-state index contributed by atoms with van der Waals surface area (Å²) in [7, 11) is 1.72. The normalized spacial score (nSPS) is 12.8. The first-order valence-electron chi connectivity index (χ1n) is 5.67. The topological polar surface area (TPSA) is 67.6 Å². The summed E-state index contributed by atoms with van der Waals surface area (Å²) >= 11 is 0. The Morgan fingerprint density at radius 1 is 1.59 bits per heavy atom. The van der Waals surface area contributed by atoms with Crippen molar-refractivity contribution in [1.82, 2.24) is 10.3 Å². The quantitative estimate of drug-likeness (QED) is 0.460. The van der Waals surface area contributed by atoms with Crippen LogP contribution in [0, 0.1) is 0 Å². The third-order valence-corrected chi connectivity index (χ3v) is 2.96. The largest absolute Gasteiger partial charge is 0.493 e. The Labute approximate surface area is 101 Å². The highest BCUT2D eigenvalue weighted by Gasteiger charge is 2.12. The number of ether oxygens (including phenoxy) is 1. The van der Waals surface area contributed by atoms with Crippen LogP contribution in [0.15, 0.2) is 18.2 Å². The van der Waals surface area contributed by atoms with E-state index < -0.39 is 0 Å². The molecule has 5 heteroatoms. The number of fused-ring (bicyclic) bond motifs is 1. The van der Waals surface area contributed by atoms with Crippen molar-refractivity contribution in [1.29, 1.82) is 0 Å². The first-order chi connectivity index (χ1) is 8.20. The molecule has 0 unspecified atom stereocenters. The van der Waals surface area contributed by atoms with Gasteiger partial charge in [-0.1, -0.05) is 12.1 Å². The van der Waals surface area contributed by atoms with Crippen molar-refractivity contribution < 1.29 is 9.53 Å². The molecule has 0 aromatic heterocycles. The number of urea groups is 1. The van der Waals surface area contributed by atoms with Gasteiger partial charge in [-0.2, -0.15) is 0 Å². The summed E-state index contributed by atoms with van der Waals surface area (Å²) in [5.41, 5.74) is 4.58. The van der Waals surface area contributed by atoms with Gasteiger partial charge in [-0.15, -0.1) is 0 Å². The first kappa shape index (κ1) is 11.7. The molecule has 1 aliphatic heterocycles. The molecule has 1 aromatic rings. The summed E-state index contributed by atoms with van der Waals surface area (Å²) < 4.78 is 5.44. The Balaban J connectivity index is 1.93. The lowest BCUT2D eigenvalue weighted by Gasteiger charge is -2.16. The van der Waals surface area contributed by atoms with Crippen LogP contribution in [-0.4, -0.2) is 31.1 Å². The second-order valence-electron chi connectivity index (χ2n) is 4.16. The molecule has 2 amide bonds. The van der Waals surface area contributed by atoms with Crippen LogP contribution in [0.1, 0.15) is 11.1 Å². The van der Waals surface area contributed by atoms with Crippen LogP contribution in [0.25, 0.3) is 0 Å². The first-order valence-corrected chi connectivity index (χ1v) is 5.67. The fourth-order valence-electron chi connectivity index (χ4n) is 1.90. The van der Waals surface area contributed by atoms with Crippen molar-refractivity contribution in [2.45, 2.75) is 12.8 Å². The van der Waals surface area contributed by atoms with Crippen LogP contribution in [0.4, 0.5) is 4.79 Å². The smallest absolute Gasteiger partial charge is 0.331 e. The standard InChI is InChI=1S/C12H17N3O2/c1-15(12(16)14-13)6-4-9-2-3-11-10(8-9)5-7-17-11/h2-3,8H,4-7,13H2,1H3,(H,14,16). The Hall–Kier alpha value is -1.75. The highest BCUT2D eigenvalue weighted by molar-refractivity contribution is 5.73. The maximum Gasteiger partial charge on any atom is 0.331 e. The number of hydrogen-bond acceptors (Lipinski definition) is 3. The average molecular weight is 235 g/mol. The van der Waals surface area contributed by atoms with Crippen LogP contribution in [0.5, 0.6) is 5.75 Å². The molecule has 1 aliphatic rings. The van der Waals surface area contributed by atoms with E-state index in [1.165, 1.54) is 11.1 Å². The number of amides is 2. The molecule has 0 atom stereocenters. The highest BCUT2D eigenvalue weighted by atomic mass is 16.5. The van der Waals surface area contributed by atoms with Gasteiger partial charge in [0, 0.05) is 20.0 Å². The van der Waals surface area contributed by atoms with Gasteiger partial charge < -0.3 is 9.64 Å². The number of nitrogens with two attached hydrogens (primary N) is 1. The molecule has 1 aromatic carbocycles. The molecule has 17 heavy (non-hydrogen) atoms. The molecule has 3 N–H and O–H groups in total. The van der Waals surface area contributed by atoms with Crippen molar-refractivity contribution in [3.63, 3.8) is 0 Å². The van der Waals surface area contributed by atoms with Crippen LogP contribution < -0.4 is 16.0 Å². The summed E-state index contributed by atoms with van der Waals surface area (Å²) in [6, 6.07) is 5.92. The Kier molecular flexibility index (Phi) is 3.49. The minimum Gasteiger partial charge on any atom is -0.493 e. The molecule has 0 bridgehead atoms. The average Bonchev–Trinajstić information content (AvgIpc) is 2.82. The zero-order valence-corrected chi connectivity index (χ0v) is 9.90. The lowest BCUT2D eigenvalue weighted by molar-refractivity contribution is 0.209. The lowest BCUT2D eigenvalue weighted by atomic mass is 10.1. The molecule has 5 nitrogen and oxygen atoms in total. The Morgan fingerprint density at radius 3 is 3.18 bits per heavy atom. The van der Waals surface area contributed by atoms with E-state index in [9.17, 15) is 4.79 Å². The molecule has 0 saturated heterocycles. The van der Waals surface area contributed by atoms with Gasteiger partial charge in [0.2, 0.25) is 0 Å². The number of likely N-dealkylation sites (N-methyl/N-ethyl adjacent to an activating group) is 1. The van der Waals surface area contributed by atoms with Crippen molar-refractivity contribution in [3.05, 3.63) is 29.3 Å². The third-order valence-electron chi connectivity index (χ3n) is 2.96. The molecule has 0 aliphatic carbocycles. The fourth-order valence-corrected chi connectivity index (χ4v) is 1.90. The van der Waals surface area contributed by atoms with Crippen molar-refractivity contribution in [2.75, 3.05) is 20.2 Å². The zero-order chi connectivity index (χ0) is 12.3. The Bertz CT molecular complexity index is 420. The second kappa shape index (κ2) is 5.05. The molecule has 2 rings (SSSR count). The third kappa shape index (κ3) is 2.68.